The summed E-state index contributed by atoms with van der Waals surface area (Å²) in [5.41, 5.74) is 15.4. The van der Waals surface area contributed by atoms with Crippen molar-refractivity contribution >= 4 is 55.8 Å². The summed E-state index contributed by atoms with van der Waals surface area (Å²) in [4.78, 5) is 8.25. The summed E-state index contributed by atoms with van der Waals surface area (Å²) in [7, 11) is 0. The number of fused-ring (bicyclic) bond motifs is 13. The van der Waals surface area contributed by atoms with E-state index < -0.39 is 0 Å². The second-order valence-electron chi connectivity index (χ2n) is 17.6. The number of hydrogen-bond donors (Lipinski definition) is 0. The van der Waals surface area contributed by atoms with Crippen LogP contribution in [0.15, 0.2) is 168 Å². The van der Waals surface area contributed by atoms with Crippen molar-refractivity contribution in [3.63, 3.8) is 0 Å². The summed E-state index contributed by atoms with van der Waals surface area (Å²) >= 11 is 4.03. The third kappa shape index (κ3) is 4.46. The monoisotopic (exact) mass is 760 g/mol. The van der Waals surface area contributed by atoms with Gasteiger partial charge in [0, 0.05) is 48.3 Å². The molecule has 6 aromatic rings. The highest BCUT2D eigenvalue weighted by atomic mass is 32.2. The summed E-state index contributed by atoms with van der Waals surface area (Å²) in [6, 6.07) is 46.4. The van der Waals surface area contributed by atoms with Crippen molar-refractivity contribution in [2.24, 2.45) is 5.92 Å². The van der Waals surface area contributed by atoms with Crippen LogP contribution in [0.3, 0.4) is 0 Å². The molecule has 0 saturated heterocycles. The normalized spacial score (nSPS) is 25.3. The first-order valence-corrected chi connectivity index (χ1v) is 22.0. The second kappa shape index (κ2) is 11.8. The van der Waals surface area contributed by atoms with Crippen LogP contribution in [0.5, 0.6) is 0 Å². The van der Waals surface area contributed by atoms with Gasteiger partial charge in [0.15, 0.2) is 0 Å². The van der Waals surface area contributed by atoms with Crippen LogP contribution in [0.4, 0.5) is 17.1 Å². The average Bonchev–Trinajstić information content (AvgIpc) is 3.98. The van der Waals surface area contributed by atoms with E-state index in [0.29, 0.717) is 17.1 Å². The molecule has 2 nitrogen and oxygen atoms in total. The molecule has 5 aromatic carbocycles. The minimum atomic E-state index is -0.0452. The topological polar surface area (TPSA) is 6.48 Å². The Morgan fingerprint density at radius 2 is 1.46 bits per heavy atom. The van der Waals surface area contributed by atoms with Gasteiger partial charge < -0.3 is 9.80 Å². The molecule has 3 heterocycles. The van der Waals surface area contributed by atoms with E-state index in [1.165, 1.54) is 81.6 Å². The zero-order valence-electron chi connectivity index (χ0n) is 32.2. The predicted octanol–water partition coefficient (Wildman–Crippen LogP) is 14.0. The Labute approximate surface area is 338 Å². The molecular weight excluding hydrogens is 717 g/mol. The molecule has 56 heavy (non-hydrogen) atoms. The van der Waals surface area contributed by atoms with Crippen molar-refractivity contribution in [3.8, 4) is 0 Å². The summed E-state index contributed by atoms with van der Waals surface area (Å²) in [5.74, 6) is 0.793. The van der Waals surface area contributed by atoms with E-state index in [1.807, 2.05) is 23.1 Å². The molecule has 4 aliphatic carbocycles. The van der Waals surface area contributed by atoms with Gasteiger partial charge in [0.25, 0.3) is 0 Å². The first-order chi connectivity index (χ1) is 27.3. The van der Waals surface area contributed by atoms with Crippen molar-refractivity contribution in [1.82, 2.24) is 0 Å². The van der Waals surface area contributed by atoms with Gasteiger partial charge >= 0.3 is 0 Å². The Bertz CT molecular complexity index is 2760. The zero-order valence-corrected chi connectivity index (χ0v) is 33.9. The Morgan fingerprint density at radius 1 is 0.732 bits per heavy atom. The zero-order chi connectivity index (χ0) is 37.5. The number of anilines is 3. The fourth-order valence-corrected chi connectivity index (χ4v) is 14.2. The smallest absolute Gasteiger partial charge is 0.0774 e. The highest BCUT2D eigenvalue weighted by molar-refractivity contribution is 8.00. The maximum atomic E-state index is 2.67. The molecule has 0 bridgehead atoms. The lowest BCUT2D eigenvalue weighted by molar-refractivity contribution is 0.391. The Morgan fingerprint density at radius 3 is 2.32 bits per heavy atom. The first-order valence-electron chi connectivity index (χ1n) is 20.3. The van der Waals surface area contributed by atoms with Crippen LogP contribution in [0.25, 0.3) is 15.7 Å². The molecule has 4 heteroatoms. The first kappa shape index (κ1) is 33.1. The van der Waals surface area contributed by atoms with Gasteiger partial charge in [0.1, 0.15) is 0 Å². The second-order valence-corrected chi connectivity index (χ2v) is 19.8. The highest BCUT2D eigenvalue weighted by Gasteiger charge is 2.49. The molecule has 0 fully saturated rings. The molecule has 12 rings (SSSR count). The largest absolute Gasteiger partial charge is 0.334 e. The van der Waals surface area contributed by atoms with Crippen molar-refractivity contribution in [2.45, 2.75) is 73.1 Å². The minimum absolute atomic E-state index is 0.0445. The number of thioether (sulfide) groups is 1. The minimum Gasteiger partial charge on any atom is -0.334 e. The molecule has 0 spiro atoms. The Balaban J connectivity index is 0.983. The van der Waals surface area contributed by atoms with E-state index in [4.69, 9.17) is 0 Å². The van der Waals surface area contributed by atoms with Gasteiger partial charge in [-0.15, -0.1) is 23.1 Å². The molecule has 0 radical (unpaired) electrons. The molecule has 0 saturated carbocycles. The molecule has 274 valence electrons. The van der Waals surface area contributed by atoms with Gasteiger partial charge in [-0.3, -0.25) is 0 Å². The third-order valence-corrected chi connectivity index (χ3v) is 16.8. The van der Waals surface area contributed by atoms with E-state index in [1.54, 1.807) is 0 Å². The van der Waals surface area contributed by atoms with E-state index in [0.717, 1.165) is 6.42 Å². The fourth-order valence-electron chi connectivity index (χ4n) is 11.3. The molecule has 0 amide bonds. The van der Waals surface area contributed by atoms with Crippen LogP contribution < -0.4 is 9.80 Å². The van der Waals surface area contributed by atoms with Crippen molar-refractivity contribution in [2.75, 3.05) is 9.80 Å². The van der Waals surface area contributed by atoms with Gasteiger partial charge in [-0.05, 0) is 99.2 Å². The van der Waals surface area contributed by atoms with Crippen LogP contribution in [0.1, 0.15) is 84.0 Å². The maximum absolute atomic E-state index is 2.67. The molecule has 5 atom stereocenters. The highest BCUT2D eigenvalue weighted by Crippen LogP contribution is 2.67. The van der Waals surface area contributed by atoms with Crippen LogP contribution in [0, 0.1) is 5.92 Å². The van der Waals surface area contributed by atoms with E-state index in [9.17, 15) is 0 Å². The molecule has 0 N–H and O–H groups in total. The lowest BCUT2D eigenvalue weighted by Crippen LogP contribution is -2.37. The number of allylic oxidation sites excluding steroid dienone is 5. The van der Waals surface area contributed by atoms with Crippen molar-refractivity contribution in [1.29, 1.82) is 0 Å². The molecule has 6 aliphatic rings. The van der Waals surface area contributed by atoms with E-state index in [-0.39, 0.29) is 22.9 Å². The number of benzene rings is 5. The number of nitrogens with zero attached hydrogens (tertiary/aromatic N) is 2. The quantitative estimate of drug-likeness (QED) is 0.177. The standard InChI is InChI=1S/C52H44N2S2/c1-51(2)41-17-9-5-13-35(41)37-27-25-33(29-43(37)51)53(34-26-28-38-36-14-6-10-18-42(36)52(3,4)44(38)30-34)31-21-23-32(24-22-31)54-47-39-15-7-11-19-45(39)55-49(47)50-48(54)40-16-8-12-20-46(40)56-50/h5-25,27-30,34,37,43,47,49H,26H2,1-4H3. The number of rotatable bonds is 4. The summed E-state index contributed by atoms with van der Waals surface area (Å²) < 4.78 is 1.38. The summed E-state index contributed by atoms with van der Waals surface area (Å²) in [5, 5.41) is 1.77. The van der Waals surface area contributed by atoms with Gasteiger partial charge in [-0.25, -0.2) is 0 Å². The number of thiophene rings is 1. The third-order valence-electron chi connectivity index (χ3n) is 14.0. The summed E-state index contributed by atoms with van der Waals surface area (Å²) in [6.07, 6.45) is 13.7. The Hall–Kier alpha value is -5.03. The average molecular weight is 761 g/mol. The predicted molar refractivity (Wildman–Crippen MR) is 238 cm³/mol. The van der Waals surface area contributed by atoms with Gasteiger partial charge in [0.2, 0.25) is 0 Å². The SMILES string of the molecule is CC1(C)C2=CC(N(C3=CC4C(C=C3)c3ccccc3C4(C)C)c3ccc(N4c5c(sc6ccccc56)C5Sc6ccccc6C54)cc3)CC=C2c2ccccc21. The van der Waals surface area contributed by atoms with Crippen molar-refractivity contribution < 1.29 is 0 Å². The van der Waals surface area contributed by atoms with Gasteiger partial charge in [-0.1, -0.05) is 137 Å². The summed E-state index contributed by atoms with van der Waals surface area (Å²) in [6.45, 7) is 9.72. The van der Waals surface area contributed by atoms with Gasteiger partial charge in [-0.2, -0.15) is 0 Å². The molecule has 1 aromatic heterocycles. The van der Waals surface area contributed by atoms with Crippen molar-refractivity contribution in [3.05, 3.63) is 196 Å². The maximum Gasteiger partial charge on any atom is 0.0774 e. The number of hydrogen-bond acceptors (Lipinski definition) is 4. The fraction of sp³-hybridized carbons (Fsp3) is 0.231. The van der Waals surface area contributed by atoms with Crippen LogP contribution in [0.2, 0.25) is 0 Å². The lowest BCUT2D eigenvalue weighted by atomic mass is 9.74. The van der Waals surface area contributed by atoms with E-state index in [2.05, 4.69) is 189 Å². The van der Waals surface area contributed by atoms with E-state index >= 15 is 0 Å². The van der Waals surface area contributed by atoms with Crippen LogP contribution >= 0.6 is 23.1 Å². The molecular formula is C52H44N2S2. The lowest BCUT2D eigenvalue weighted by Gasteiger charge is -2.39. The Kier molecular flexibility index (Phi) is 6.96. The van der Waals surface area contributed by atoms with Crippen LogP contribution in [-0.4, -0.2) is 6.04 Å². The molecule has 2 aliphatic heterocycles. The van der Waals surface area contributed by atoms with Crippen LogP contribution in [-0.2, 0) is 10.8 Å². The molecule has 5 unspecified atom stereocenters. The van der Waals surface area contributed by atoms with Gasteiger partial charge in [0.05, 0.1) is 23.0 Å².